The monoisotopic (exact) mass is 404 g/mol. The molecule has 0 fully saturated rings. The minimum absolute atomic E-state index is 0.0194. The number of hydrogen-bond acceptors (Lipinski definition) is 6. The van der Waals surface area contributed by atoms with E-state index in [0.29, 0.717) is 29.5 Å². The summed E-state index contributed by atoms with van der Waals surface area (Å²) >= 11 is 0. The van der Waals surface area contributed by atoms with Crippen molar-refractivity contribution in [2.45, 2.75) is 18.2 Å². The second-order valence-corrected chi connectivity index (χ2v) is 8.18. The van der Waals surface area contributed by atoms with Crippen molar-refractivity contribution in [3.05, 3.63) is 42.5 Å². The van der Waals surface area contributed by atoms with Gasteiger partial charge in [-0.25, -0.2) is 8.42 Å². The highest BCUT2D eigenvalue weighted by Crippen LogP contribution is 2.30. The number of nitrogens with one attached hydrogen (secondary N) is 2. The Hall–Kier alpha value is -3.07. The molecular weight excluding hydrogens is 384 g/mol. The fourth-order valence-electron chi connectivity index (χ4n) is 2.63. The molecule has 0 aromatic heterocycles. The first-order chi connectivity index (χ1) is 13.4. The number of anilines is 2. The van der Waals surface area contributed by atoms with E-state index in [1.165, 1.54) is 18.2 Å². The fourth-order valence-corrected chi connectivity index (χ4v) is 3.89. The molecule has 148 valence electrons. The van der Waals surface area contributed by atoms with Gasteiger partial charge >= 0.3 is 0 Å². The summed E-state index contributed by atoms with van der Waals surface area (Å²) in [6, 6.07) is 11.0. The van der Waals surface area contributed by atoms with Gasteiger partial charge in [0.2, 0.25) is 5.91 Å². The molecule has 2 aromatic carbocycles. The highest BCUT2D eigenvalue weighted by atomic mass is 32.2. The number of hydrogen-bond donors (Lipinski definition) is 2. The molecule has 0 saturated heterocycles. The molecule has 2 N–H and O–H groups in total. The van der Waals surface area contributed by atoms with Gasteiger partial charge in [0.05, 0.1) is 22.9 Å². The molecule has 8 nitrogen and oxygen atoms in total. The number of benzene rings is 2. The van der Waals surface area contributed by atoms with E-state index in [9.17, 15) is 18.0 Å². The topological polar surface area (TPSA) is 111 Å². The third kappa shape index (κ3) is 4.80. The average Bonchev–Trinajstić information content (AvgIpc) is 2.67. The molecule has 0 aliphatic carbocycles. The summed E-state index contributed by atoms with van der Waals surface area (Å²) in [4.78, 5) is 23.5. The molecule has 3 rings (SSSR count). The van der Waals surface area contributed by atoms with Crippen LogP contribution in [0.2, 0.25) is 0 Å². The standard InChI is InChI=1S/C19H20N2O6S/c1-2-26-14-5-3-13(4-6-14)20-18(22)9-10-28(24,25)15-7-8-17-16(11-15)21-19(23)12-27-17/h3-8,11H,2,9-10,12H2,1H3,(H,20,22)(H,21,23). The molecule has 0 bridgehead atoms. The van der Waals surface area contributed by atoms with Crippen molar-refractivity contribution in [2.75, 3.05) is 29.6 Å². The van der Waals surface area contributed by atoms with Crippen molar-refractivity contribution in [1.82, 2.24) is 0 Å². The molecule has 0 radical (unpaired) electrons. The zero-order chi connectivity index (χ0) is 20.1. The van der Waals surface area contributed by atoms with Crippen molar-refractivity contribution < 1.29 is 27.5 Å². The van der Waals surface area contributed by atoms with E-state index in [4.69, 9.17) is 9.47 Å². The van der Waals surface area contributed by atoms with E-state index in [1.54, 1.807) is 24.3 Å². The molecule has 0 saturated carbocycles. The maximum absolute atomic E-state index is 12.5. The van der Waals surface area contributed by atoms with Crippen LogP contribution in [0.4, 0.5) is 11.4 Å². The van der Waals surface area contributed by atoms with Crippen LogP contribution in [-0.4, -0.2) is 39.2 Å². The van der Waals surface area contributed by atoms with Gasteiger partial charge in [0.15, 0.2) is 16.4 Å². The Labute approximate surface area is 162 Å². The molecule has 28 heavy (non-hydrogen) atoms. The normalized spacial score (nSPS) is 13.1. The van der Waals surface area contributed by atoms with E-state index in [2.05, 4.69) is 10.6 Å². The average molecular weight is 404 g/mol. The number of rotatable bonds is 7. The first kappa shape index (κ1) is 19.7. The van der Waals surface area contributed by atoms with Crippen molar-refractivity contribution in [1.29, 1.82) is 0 Å². The Morgan fingerprint density at radius 3 is 2.68 bits per heavy atom. The van der Waals surface area contributed by atoms with Gasteiger partial charge in [0.1, 0.15) is 11.5 Å². The lowest BCUT2D eigenvalue weighted by Crippen LogP contribution is -2.25. The van der Waals surface area contributed by atoms with Crippen LogP contribution in [-0.2, 0) is 19.4 Å². The quantitative estimate of drug-likeness (QED) is 0.732. The second-order valence-electron chi connectivity index (χ2n) is 6.07. The number of ether oxygens (including phenoxy) is 2. The molecule has 1 aliphatic rings. The molecule has 9 heteroatoms. The van der Waals surface area contributed by atoms with Gasteiger partial charge in [-0.05, 0) is 49.4 Å². The van der Waals surface area contributed by atoms with E-state index >= 15 is 0 Å². The van der Waals surface area contributed by atoms with Gasteiger partial charge in [-0.3, -0.25) is 9.59 Å². The molecule has 0 spiro atoms. The Kier molecular flexibility index (Phi) is 5.84. The summed E-state index contributed by atoms with van der Waals surface area (Å²) in [6.45, 7) is 2.31. The Balaban J connectivity index is 1.60. The van der Waals surface area contributed by atoms with Gasteiger partial charge in [0.25, 0.3) is 5.91 Å². The smallest absolute Gasteiger partial charge is 0.262 e. The second kappa shape index (κ2) is 8.30. The summed E-state index contributed by atoms with van der Waals surface area (Å²) in [5.74, 6) is -0.0267. The van der Waals surface area contributed by atoms with E-state index in [0.717, 1.165) is 0 Å². The molecule has 1 aliphatic heterocycles. The lowest BCUT2D eigenvalue weighted by molar-refractivity contribution is -0.118. The zero-order valence-corrected chi connectivity index (χ0v) is 16.0. The maximum atomic E-state index is 12.5. The van der Waals surface area contributed by atoms with Gasteiger partial charge in [-0.2, -0.15) is 0 Å². The van der Waals surface area contributed by atoms with Gasteiger partial charge in [0, 0.05) is 12.1 Å². The maximum Gasteiger partial charge on any atom is 0.262 e. The fraction of sp³-hybridized carbons (Fsp3) is 0.263. The lowest BCUT2D eigenvalue weighted by atomic mass is 10.2. The van der Waals surface area contributed by atoms with Crippen LogP contribution in [0.3, 0.4) is 0 Å². The van der Waals surface area contributed by atoms with Crippen LogP contribution >= 0.6 is 0 Å². The van der Waals surface area contributed by atoms with Crippen LogP contribution in [0.5, 0.6) is 11.5 Å². The lowest BCUT2D eigenvalue weighted by Gasteiger charge is -2.18. The Bertz CT molecular complexity index is 986. The van der Waals surface area contributed by atoms with E-state index in [-0.39, 0.29) is 29.6 Å². The summed E-state index contributed by atoms with van der Waals surface area (Å²) in [6.07, 6.45) is -0.199. The molecule has 0 unspecified atom stereocenters. The minimum atomic E-state index is -3.70. The Morgan fingerprint density at radius 1 is 1.21 bits per heavy atom. The van der Waals surface area contributed by atoms with Crippen LogP contribution < -0.4 is 20.1 Å². The number of amides is 2. The van der Waals surface area contributed by atoms with Crippen LogP contribution in [0.15, 0.2) is 47.4 Å². The van der Waals surface area contributed by atoms with Crippen molar-refractivity contribution in [3.63, 3.8) is 0 Å². The highest BCUT2D eigenvalue weighted by molar-refractivity contribution is 7.91. The third-order valence-electron chi connectivity index (χ3n) is 3.99. The van der Waals surface area contributed by atoms with Gasteiger partial charge < -0.3 is 20.1 Å². The molecule has 2 aromatic rings. The largest absolute Gasteiger partial charge is 0.494 e. The zero-order valence-electron chi connectivity index (χ0n) is 15.2. The van der Waals surface area contributed by atoms with Gasteiger partial charge in [-0.15, -0.1) is 0 Å². The van der Waals surface area contributed by atoms with Crippen molar-refractivity contribution >= 4 is 33.0 Å². The van der Waals surface area contributed by atoms with Crippen LogP contribution in [0.1, 0.15) is 13.3 Å². The molecule has 1 heterocycles. The molecular formula is C19H20N2O6S. The predicted octanol–water partition coefficient (Wildman–Crippen LogP) is 2.22. The number of carbonyl (C=O) groups is 2. The first-order valence-corrected chi connectivity index (χ1v) is 10.3. The van der Waals surface area contributed by atoms with E-state index < -0.39 is 15.7 Å². The van der Waals surface area contributed by atoms with Crippen LogP contribution in [0.25, 0.3) is 0 Å². The van der Waals surface area contributed by atoms with Crippen molar-refractivity contribution in [3.8, 4) is 11.5 Å². The molecule has 2 amide bonds. The number of fused-ring (bicyclic) bond motifs is 1. The molecule has 0 atom stereocenters. The van der Waals surface area contributed by atoms with Crippen molar-refractivity contribution in [2.24, 2.45) is 0 Å². The predicted molar refractivity (Wildman–Crippen MR) is 103 cm³/mol. The summed E-state index contributed by atoms with van der Waals surface area (Å²) in [5, 5.41) is 5.22. The summed E-state index contributed by atoms with van der Waals surface area (Å²) < 4.78 is 35.6. The third-order valence-corrected chi connectivity index (χ3v) is 5.70. The van der Waals surface area contributed by atoms with Crippen LogP contribution in [0, 0.1) is 0 Å². The van der Waals surface area contributed by atoms with Gasteiger partial charge in [-0.1, -0.05) is 0 Å². The summed E-state index contributed by atoms with van der Waals surface area (Å²) in [7, 11) is -3.70. The van der Waals surface area contributed by atoms with E-state index in [1.807, 2.05) is 6.92 Å². The highest BCUT2D eigenvalue weighted by Gasteiger charge is 2.21. The first-order valence-electron chi connectivity index (χ1n) is 8.69. The minimum Gasteiger partial charge on any atom is -0.494 e. The summed E-state index contributed by atoms with van der Waals surface area (Å²) in [5.41, 5.74) is 0.857. The SMILES string of the molecule is CCOc1ccc(NC(=O)CCS(=O)(=O)c2ccc3c(c2)NC(=O)CO3)cc1. The Morgan fingerprint density at radius 2 is 1.96 bits per heavy atom. The number of sulfone groups is 1. The number of carbonyl (C=O) groups excluding carboxylic acids is 2.